The predicted molar refractivity (Wildman–Crippen MR) is 75.1 cm³/mol. The van der Waals surface area contributed by atoms with Gasteiger partial charge in [-0.15, -0.1) is 0 Å². The molecular weight excluding hydrogens is 336 g/mol. The van der Waals surface area contributed by atoms with Crippen LogP contribution in [0.15, 0.2) is 0 Å². The van der Waals surface area contributed by atoms with Crippen molar-refractivity contribution in [1.29, 1.82) is 0 Å². The average Bonchev–Trinajstić information content (AvgIpc) is 2.55. The maximum atomic E-state index is 9.94. The van der Waals surface area contributed by atoms with Gasteiger partial charge in [0.15, 0.2) is 0 Å². The number of aliphatic hydroxyl groups excluding tert-OH is 8. The molecule has 0 bridgehead atoms. The van der Waals surface area contributed by atoms with E-state index < -0.39 is 72.9 Å². The smallest absolute Gasteiger partial charge is 0.134 e. The number of hydrogen-bond acceptors (Lipinski definition) is 11. The van der Waals surface area contributed by atoms with Gasteiger partial charge in [-0.3, -0.25) is 0 Å². The lowest BCUT2D eigenvalue weighted by atomic mass is 10.0. The van der Waals surface area contributed by atoms with Crippen molar-refractivity contribution in [1.82, 2.24) is 0 Å². The first-order chi connectivity index (χ1) is 10.8. The van der Waals surface area contributed by atoms with Gasteiger partial charge in [0.05, 0.1) is 13.2 Å². The van der Waals surface area contributed by atoms with Crippen LogP contribution in [0.2, 0.25) is 0 Å². The molecule has 0 spiro atoms. The summed E-state index contributed by atoms with van der Waals surface area (Å²) < 4.78 is 10.5. The first-order valence-corrected chi connectivity index (χ1v) is 8.02. The molecule has 10 atom stereocenters. The van der Waals surface area contributed by atoms with Crippen LogP contribution in [0.5, 0.6) is 0 Å². The third-order valence-corrected chi connectivity index (χ3v) is 5.28. The summed E-state index contributed by atoms with van der Waals surface area (Å²) in [6, 6.07) is 0. The molecule has 0 aliphatic carbocycles. The standard InChI is InChI=1S/C12H22O10S/c13-1-3-5(15)7(17)9(19)11(21-3)23-12-10(20)8(18)6(16)4(2-14)22-12/h3-20H,1-2H2/t3-,4-,5+,6+,7+,8+,9-,10-,11-,12+/m1/s1. The Labute approximate surface area is 135 Å². The molecule has 0 amide bonds. The highest BCUT2D eigenvalue weighted by atomic mass is 32.2. The van der Waals surface area contributed by atoms with E-state index in [0.29, 0.717) is 11.8 Å². The van der Waals surface area contributed by atoms with E-state index in [0.717, 1.165) is 0 Å². The van der Waals surface area contributed by atoms with Gasteiger partial charge in [0.1, 0.15) is 59.7 Å². The van der Waals surface area contributed by atoms with Crippen molar-refractivity contribution in [2.45, 2.75) is 59.7 Å². The van der Waals surface area contributed by atoms with Gasteiger partial charge in [-0.25, -0.2) is 0 Å². The highest BCUT2D eigenvalue weighted by Gasteiger charge is 2.49. The minimum atomic E-state index is -1.58. The van der Waals surface area contributed by atoms with Gasteiger partial charge < -0.3 is 50.3 Å². The fraction of sp³-hybridized carbons (Fsp3) is 1.00. The third kappa shape index (κ3) is 3.80. The Bertz CT molecular complexity index is 349. The van der Waals surface area contributed by atoms with Crippen molar-refractivity contribution in [3.05, 3.63) is 0 Å². The van der Waals surface area contributed by atoms with Gasteiger partial charge >= 0.3 is 0 Å². The third-order valence-electron chi connectivity index (χ3n) is 3.97. The van der Waals surface area contributed by atoms with E-state index in [2.05, 4.69) is 0 Å². The van der Waals surface area contributed by atoms with Crippen LogP contribution in [0, 0.1) is 0 Å². The van der Waals surface area contributed by atoms with E-state index in [9.17, 15) is 30.6 Å². The Balaban J connectivity index is 2.07. The van der Waals surface area contributed by atoms with Gasteiger partial charge in [0.2, 0.25) is 0 Å². The van der Waals surface area contributed by atoms with E-state index in [-0.39, 0.29) is 0 Å². The fourth-order valence-corrected chi connectivity index (χ4v) is 3.81. The molecule has 11 heteroatoms. The van der Waals surface area contributed by atoms with Crippen LogP contribution >= 0.6 is 11.8 Å². The molecule has 0 aromatic heterocycles. The minimum absolute atomic E-state index is 0.601. The molecule has 0 radical (unpaired) electrons. The normalized spacial score (nSPS) is 51.7. The summed E-state index contributed by atoms with van der Waals surface area (Å²) in [5.74, 6) is 0. The molecule has 2 saturated heterocycles. The molecule has 0 aromatic rings. The van der Waals surface area contributed by atoms with Crippen LogP contribution in [0.25, 0.3) is 0 Å². The lowest BCUT2D eigenvalue weighted by molar-refractivity contribution is -0.214. The quantitative estimate of drug-likeness (QED) is 0.242. The molecule has 2 fully saturated rings. The van der Waals surface area contributed by atoms with Crippen LogP contribution in [-0.4, -0.2) is 114 Å². The minimum Gasteiger partial charge on any atom is -0.394 e. The fourth-order valence-electron chi connectivity index (χ4n) is 2.49. The van der Waals surface area contributed by atoms with E-state index in [1.54, 1.807) is 0 Å². The molecule has 10 nitrogen and oxygen atoms in total. The van der Waals surface area contributed by atoms with Crippen LogP contribution in [-0.2, 0) is 9.47 Å². The summed E-state index contributed by atoms with van der Waals surface area (Å²) in [4.78, 5) is 0. The second-order valence-electron chi connectivity index (χ2n) is 5.53. The number of aliphatic hydroxyl groups is 8. The van der Waals surface area contributed by atoms with Gasteiger partial charge in [-0.2, -0.15) is 0 Å². The SMILES string of the molecule is OC[C@H]1O[C@H](S[C@@H]2O[C@H](CO)[C@H](O)[C@H](O)[C@H]2O)[C@H](O)[C@@H](O)[C@H]1O. The van der Waals surface area contributed by atoms with E-state index in [1.165, 1.54) is 0 Å². The van der Waals surface area contributed by atoms with Crippen LogP contribution in [0.1, 0.15) is 0 Å². The van der Waals surface area contributed by atoms with Crippen LogP contribution in [0.3, 0.4) is 0 Å². The molecule has 23 heavy (non-hydrogen) atoms. The largest absolute Gasteiger partial charge is 0.394 e. The predicted octanol–water partition coefficient (Wildman–Crippen LogP) is -4.68. The molecular formula is C12H22O10S. The second-order valence-corrected chi connectivity index (χ2v) is 6.73. The number of ether oxygens (including phenoxy) is 2. The molecule has 2 heterocycles. The van der Waals surface area contributed by atoms with Crippen molar-refractivity contribution in [2.24, 2.45) is 0 Å². The molecule has 8 N–H and O–H groups in total. The van der Waals surface area contributed by atoms with Gasteiger partial charge in [0.25, 0.3) is 0 Å². The summed E-state index contributed by atoms with van der Waals surface area (Å²) in [6.45, 7) is -1.20. The molecule has 136 valence electrons. The van der Waals surface area contributed by atoms with Crippen molar-refractivity contribution >= 4 is 11.8 Å². The van der Waals surface area contributed by atoms with Gasteiger partial charge in [-0.1, -0.05) is 11.8 Å². The average molecular weight is 358 g/mol. The zero-order chi connectivity index (χ0) is 17.3. The molecule has 2 aliphatic heterocycles. The molecule has 0 saturated carbocycles. The van der Waals surface area contributed by atoms with Crippen molar-refractivity contribution < 1.29 is 50.3 Å². The summed E-state index contributed by atoms with van der Waals surface area (Å²) in [6.07, 6.45) is -11.5. The molecule has 2 rings (SSSR count). The molecule has 0 aromatic carbocycles. The molecule has 2 aliphatic rings. The zero-order valence-electron chi connectivity index (χ0n) is 12.0. The summed E-state index contributed by atoms with van der Waals surface area (Å²) >= 11 is 0.699. The number of rotatable bonds is 4. The van der Waals surface area contributed by atoms with Gasteiger partial charge in [0, 0.05) is 0 Å². The Kier molecular flexibility index (Phi) is 6.61. The highest BCUT2D eigenvalue weighted by Crippen LogP contribution is 2.36. The van der Waals surface area contributed by atoms with Crippen LogP contribution < -0.4 is 0 Å². The maximum Gasteiger partial charge on any atom is 0.134 e. The first-order valence-electron chi connectivity index (χ1n) is 7.08. The van der Waals surface area contributed by atoms with Crippen molar-refractivity contribution in [3.8, 4) is 0 Å². The first kappa shape index (κ1) is 19.3. The number of hydrogen-bond donors (Lipinski definition) is 8. The Morgan fingerprint density at radius 1 is 0.565 bits per heavy atom. The Hall–Kier alpha value is -0.0500. The Morgan fingerprint density at radius 3 is 1.22 bits per heavy atom. The topological polar surface area (TPSA) is 180 Å². The maximum absolute atomic E-state index is 9.94. The lowest BCUT2D eigenvalue weighted by Gasteiger charge is -2.44. The van der Waals surface area contributed by atoms with E-state index in [1.807, 2.05) is 0 Å². The molecule has 0 unspecified atom stereocenters. The van der Waals surface area contributed by atoms with Crippen LogP contribution in [0.4, 0.5) is 0 Å². The summed E-state index contributed by atoms with van der Waals surface area (Å²) in [7, 11) is 0. The second kappa shape index (κ2) is 7.89. The Morgan fingerprint density at radius 2 is 0.913 bits per heavy atom. The number of thioether (sulfide) groups is 1. The van der Waals surface area contributed by atoms with Gasteiger partial charge in [-0.05, 0) is 0 Å². The van der Waals surface area contributed by atoms with E-state index >= 15 is 0 Å². The van der Waals surface area contributed by atoms with Crippen molar-refractivity contribution in [2.75, 3.05) is 13.2 Å². The zero-order valence-corrected chi connectivity index (χ0v) is 12.8. The lowest BCUT2D eigenvalue weighted by Crippen LogP contribution is -2.60. The summed E-state index contributed by atoms with van der Waals surface area (Å²) in [5, 5.41) is 77.0. The van der Waals surface area contributed by atoms with E-state index in [4.69, 9.17) is 19.7 Å². The highest BCUT2D eigenvalue weighted by molar-refractivity contribution is 8.00. The summed E-state index contributed by atoms with van der Waals surface area (Å²) in [5.41, 5.74) is -2.35. The van der Waals surface area contributed by atoms with Crippen molar-refractivity contribution in [3.63, 3.8) is 0 Å². The monoisotopic (exact) mass is 358 g/mol.